The van der Waals surface area contributed by atoms with Crippen LogP contribution < -0.4 is 20.1 Å². The Balaban J connectivity index is 1.82. The zero-order valence-corrected chi connectivity index (χ0v) is 20.1. The minimum atomic E-state index is -0.498. The van der Waals surface area contributed by atoms with Gasteiger partial charge in [-0.15, -0.1) is 0 Å². The van der Waals surface area contributed by atoms with Gasteiger partial charge in [-0.05, 0) is 46.1 Å². The Morgan fingerprint density at radius 3 is 2.79 bits per heavy atom. The molecule has 8 nitrogen and oxygen atoms in total. The number of pyridine rings is 1. The summed E-state index contributed by atoms with van der Waals surface area (Å²) in [6.07, 6.45) is 3.98. The van der Waals surface area contributed by atoms with Gasteiger partial charge in [0.2, 0.25) is 0 Å². The molecule has 0 spiro atoms. The number of para-hydroxylation sites is 1. The number of fused-ring (bicyclic) bond motifs is 1. The average molecular weight is 468 g/mol. The number of carbonyl (C=O) groups excluding carboxylic acids is 1. The molecule has 2 aromatic heterocycles. The summed E-state index contributed by atoms with van der Waals surface area (Å²) in [5, 5.41) is 6.13. The number of aromatic amines is 1. The van der Waals surface area contributed by atoms with Crippen LogP contribution >= 0.6 is 0 Å². The van der Waals surface area contributed by atoms with Gasteiger partial charge in [0.25, 0.3) is 5.91 Å². The van der Waals surface area contributed by atoms with Gasteiger partial charge in [-0.2, -0.15) is 0 Å². The molecule has 0 saturated carbocycles. The highest BCUT2D eigenvalue weighted by molar-refractivity contribution is 6.06. The van der Waals surface area contributed by atoms with E-state index in [-0.39, 0.29) is 17.2 Å². The topological polar surface area (TPSA) is 91.5 Å². The number of halogens is 1. The number of ether oxygens (including phenoxy) is 2. The van der Waals surface area contributed by atoms with Crippen LogP contribution in [0.3, 0.4) is 0 Å². The molecule has 0 unspecified atom stereocenters. The minimum Gasteiger partial charge on any atom is -0.492 e. The van der Waals surface area contributed by atoms with Crippen LogP contribution in [0.15, 0.2) is 36.7 Å². The highest BCUT2D eigenvalue weighted by Crippen LogP contribution is 2.42. The molecule has 34 heavy (non-hydrogen) atoms. The Kier molecular flexibility index (Phi) is 6.47. The first kappa shape index (κ1) is 23.6. The van der Waals surface area contributed by atoms with E-state index in [1.807, 2.05) is 20.2 Å². The van der Waals surface area contributed by atoms with E-state index in [1.54, 1.807) is 24.5 Å². The number of hydrogen-bond acceptors (Lipinski definition) is 6. The molecular formula is C25H30FN5O3. The number of amides is 1. The monoisotopic (exact) mass is 467 g/mol. The predicted octanol–water partition coefficient (Wildman–Crippen LogP) is 3.97. The first-order valence-electron chi connectivity index (χ1n) is 11.1. The summed E-state index contributed by atoms with van der Waals surface area (Å²) in [4.78, 5) is 22.6. The van der Waals surface area contributed by atoms with Gasteiger partial charge < -0.3 is 30.0 Å². The van der Waals surface area contributed by atoms with Gasteiger partial charge in [-0.25, -0.2) is 4.39 Å². The lowest BCUT2D eigenvalue weighted by Crippen LogP contribution is -2.43. The highest BCUT2D eigenvalue weighted by Gasteiger charge is 2.29. The van der Waals surface area contributed by atoms with Crippen molar-refractivity contribution in [3.05, 3.63) is 53.7 Å². The predicted molar refractivity (Wildman–Crippen MR) is 130 cm³/mol. The van der Waals surface area contributed by atoms with Crippen molar-refractivity contribution in [1.29, 1.82) is 0 Å². The molecule has 1 aliphatic rings. The third kappa shape index (κ3) is 4.43. The molecule has 1 amide bonds. The molecule has 3 N–H and O–H groups in total. The summed E-state index contributed by atoms with van der Waals surface area (Å²) in [5.74, 6) is -0.0575. The summed E-state index contributed by atoms with van der Waals surface area (Å²) in [6.45, 7) is 5.14. The van der Waals surface area contributed by atoms with Gasteiger partial charge in [0.1, 0.15) is 12.4 Å². The normalized spacial score (nSPS) is 13.4. The van der Waals surface area contributed by atoms with E-state index < -0.39 is 5.82 Å². The highest BCUT2D eigenvalue weighted by atomic mass is 19.1. The van der Waals surface area contributed by atoms with Crippen LogP contribution in [0.1, 0.15) is 29.9 Å². The van der Waals surface area contributed by atoms with Gasteiger partial charge in [-0.1, -0.05) is 6.07 Å². The van der Waals surface area contributed by atoms with Gasteiger partial charge in [0.15, 0.2) is 11.6 Å². The largest absolute Gasteiger partial charge is 0.492 e. The lowest BCUT2D eigenvalue weighted by Gasteiger charge is -2.32. The molecule has 3 aromatic rings. The first-order valence-corrected chi connectivity index (χ1v) is 11.1. The van der Waals surface area contributed by atoms with Crippen molar-refractivity contribution in [3.8, 4) is 22.8 Å². The molecule has 0 bridgehead atoms. The molecule has 3 heterocycles. The van der Waals surface area contributed by atoms with Crippen molar-refractivity contribution >= 4 is 17.3 Å². The van der Waals surface area contributed by atoms with Crippen molar-refractivity contribution < 1.29 is 18.7 Å². The zero-order valence-electron chi connectivity index (χ0n) is 20.1. The molecule has 0 saturated heterocycles. The molecule has 0 radical (unpaired) electrons. The van der Waals surface area contributed by atoms with E-state index in [0.29, 0.717) is 48.0 Å². The Morgan fingerprint density at radius 1 is 1.26 bits per heavy atom. The van der Waals surface area contributed by atoms with E-state index in [2.05, 4.69) is 39.3 Å². The van der Waals surface area contributed by atoms with Crippen molar-refractivity contribution in [1.82, 2.24) is 20.2 Å². The summed E-state index contributed by atoms with van der Waals surface area (Å²) >= 11 is 0. The molecular weight excluding hydrogens is 437 g/mol. The standard InChI is InChI=1S/C25H30FN5O3/c1-25(2,31(3)4)14-34-19-13-27-11-9-15(19)21-22(20-17(29-21)10-12-28-24(20)32)30-18-8-6-7-16(26)23(18)33-5/h6-9,11,13,29-30H,10,12,14H2,1-5H3,(H,28,32). The number of aromatic nitrogens is 2. The third-order valence-corrected chi connectivity index (χ3v) is 6.24. The second-order valence-electron chi connectivity index (χ2n) is 9.05. The maximum atomic E-state index is 14.4. The number of benzene rings is 1. The quantitative estimate of drug-likeness (QED) is 0.464. The summed E-state index contributed by atoms with van der Waals surface area (Å²) < 4.78 is 25.9. The van der Waals surface area contributed by atoms with Crippen LogP contribution in [0.5, 0.6) is 11.5 Å². The van der Waals surface area contributed by atoms with Gasteiger partial charge in [0, 0.05) is 36.0 Å². The molecule has 180 valence electrons. The number of anilines is 2. The number of methoxy groups -OCH3 is 1. The molecule has 0 fully saturated rings. The number of H-pyrrole nitrogens is 1. The molecule has 1 aliphatic heterocycles. The minimum absolute atomic E-state index is 0.0681. The Labute approximate surface area is 198 Å². The molecule has 9 heteroatoms. The van der Waals surface area contributed by atoms with E-state index in [9.17, 15) is 9.18 Å². The van der Waals surface area contributed by atoms with Crippen LogP contribution in [0.4, 0.5) is 15.8 Å². The fourth-order valence-electron chi connectivity index (χ4n) is 3.74. The number of nitrogens with one attached hydrogen (secondary N) is 3. The summed E-state index contributed by atoms with van der Waals surface area (Å²) in [5.41, 5.74) is 3.42. The average Bonchev–Trinajstić information content (AvgIpc) is 3.17. The van der Waals surface area contributed by atoms with Gasteiger partial charge in [0.05, 0.1) is 35.9 Å². The van der Waals surface area contributed by atoms with Gasteiger partial charge in [-0.3, -0.25) is 9.78 Å². The third-order valence-electron chi connectivity index (χ3n) is 6.24. The number of nitrogens with zero attached hydrogens (tertiary/aromatic N) is 2. The van der Waals surface area contributed by atoms with Crippen LogP contribution in [0.2, 0.25) is 0 Å². The number of hydrogen-bond donors (Lipinski definition) is 3. The van der Waals surface area contributed by atoms with Crippen molar-refractivity contribution in [2.75, 3.05) is 39.7 Å². The van der Waals surface area contributed by atoms with Gasteiger partial charge >= 0.3 is 0 Å². The molecule has 0 atom stereocenters. The fraction of sp³-hybridized carbons (Fsp3) is 0.360. The van der Waals surface area contributed by atoms with Crippen LogP contribution in [-0.4, -0.2) is 60.7 Å². The van der Waals surface area contributed by atoms with Crippen LogP contribution in [0.25, 0.3) is 11.3 Å². The molecule has 4 rings (SSSR count). The Bertz CT molecular complexity index is 1210. The zero-order chi connectivity index (χ0) is 24.5. The number of likely N-dealkylation sites (N-methyl/N-ethyl adjacent to an activating group) is 1. The second kappa shape index (κ2) is 9.34. The fourth-order valence-corrected chi connectivity index (χ4v) is 3.74. The van der Waals surface area contributed by atoms with Crippen molar-refractivity contribution in [3.63, 3.8) is 0 Å². The number of carbonyl (C=O) groups is 1. The molecule has 0 aliphatic carbocycles. The van der Waals surface area contributed by atoms with Crippen molar-refractivity contribution in [2.24, 2.45) is 0 Å². The van der Waals surface area contributed by atoms with E-state index in [0.717, 1.165) is 11.3 Å². The Morgan fingerprint density at radius 2 is 2.06 bits per heavy atom. The summed E-state index contributed by atoms with van der Waals surface area (Å²) in [6, 6.07) is 6.45. The van der Waals surface area contributed by atoms with E-state index >= 15 is 0 Å². The SMILES string of the molecule is COc1c(F)cccc1Nc1c(-c2ccncc2OCC(C)(C)N(C)C)[nH]c2c1C(=O)NCC2. The number of rotatable bonds is 8. The maximum Gasteiger partial charge on any atom is 0.255 e. The van der Waals surface area contributed by atoms with E-state index in [1.165, 1.54) is 13.2 Å². The maximum absolute atomic E-state index is 14.4. The summed E-state index contributed by atoms with van der Waals surface area (Å²) in [7, 11) is 5.41. The Hall–Kier alpha value is -3.59. The van der Waals surface area contributed by atoms with Crippen molar-refractivity contribution in [2.45, 2.75) is 25.8 Å². The lowest BCUT2D eigenvalue weighted by molar-refractivity contribution is 0.0947. The van der Waals surface area contributed by atoms with Crippen LogP contribution in [-0.2, 0) is 6.42 Å². The van der Waals surface area contributed by atoms with E-state index in [4.69, 9.17) is 9.47 Å². The first-order chi connectivity index (χ1) is 16.2. The second-order valence-corrected chi connectivity index (χ2v) is 9.05. The van der Waals surface area contributed by atoms with Crippen LogP contribution in [0, 0.1) is 5.82 Å². The lowest BCUT2D eigenvalue weighted by atomic mass is 10.0. The molecule has 1 aromatic carbocycles. The smallest absolute Gasteiger partial charge is 0.255 e.